The molecule has 2 aromatic rings. The van der Waals surface area contributed by atoms with Crippen LogP contribution in [0, 0.1) is 10.1 Å². The normalized spacial score (nSPS) is 21.9. The molecule has 140 valence electrons. The van der Waals surface area contributed by atoms with Crippen LogP contribution in [0.3, 0.4) is 0 Å². The van der Waals surface area contributed by atoms with Crippen molar-refractivity contribution in [1.82, 2.24) is 0 Å². The quantitative estimate of drug-likeness (QED) is 0.495. The van der Waals surface area contributed by atoms with Crippen LogP contribution in [0.2, 0.25) is 0 Å². The first-order valence-electron chi connectivity index (χ1n) is 8.69. The maximum absolute atomic E-state index is 11.6. The van der Waals surface area contributed by atoms with E-state index in [1.807, 2.05) is 28.8 Å². The van der Waals surface area contributed by atoms with E-state index in [9.17, 15) is 15.2 Å². The summed E-state index contributed by atoms with van der Waals surface area (Å²) in [5.41, 5.74) is 0.156. The number of anilines is 1. The molecule has 1 N–H and O–H groups in total. The average molecular weight is 386 g/mol. The molecule has 8 heteroatoms. The van der Waals surface area contributed by atoms with Crippen molar-refractivity contribution in [3.8, 4) is 5.75 Å². The lowest BCUT2D eigenvalue weighted by atomic mass is 10.0. The van der Waals surface area contributed by atoms with Gasteiger partial charge in [0.2, 0.25) is 0 Å². The van der Waals surface area contributed by atoms with Crippen molar-refractivity contribution in [2.75, 3.05) is 30.9 Å². The highest BCUT2D eigenvalue weighted by molar-refractivity contribution is 8.13. The maximum atomic E-state index is 11.6. The number of nitrogens with zero attached hydrogens (tertiary/aromatic N) is 3. The summed E-state index contributed by atoms with van der Waals surface area (Å²) in [6, 6.07) is 14.0. The third kappa shape index (κ3) is 3.04. The molecular formula is C19H20N3O4S+. The summed E-state index contributed by atoms with van der Waals surface area (Å²) in [5, 5.41) is 23.8. The molecule has 0 fully saturated rings. The van der Waals surface area contributed by atoms with Gasteiger partial charge in [-0.3, -0.25) is 10.1 Å². The Balaban J connectivity index is 1.77. The number of thioether (sulfide) groups is 1. The largest absolute Gasteiger partial charge is 0.497 e. The van der Waals surface area contributed by atoms with Gasteiger partial charge in [0.15, 0.2) is 6.54 Å². The topological polar surface area (TPSA) is 78.9 Å². The minimum Gasteiger partial charge on any atom is -0.497 e. The number of nitro benzene ring substituents is 1. The number of hydrogen-bond donors (Lipinski definition) is 1. The summed E-state index contributed by atoms with van der Waals surface area (Å²) in [6.07, 6.45) is 0.946. The van der Waals surface area contributed by atoms with Crippen LogP contribution in [0.5, 0.6) is 5.75 Å². The van der Waals surface area contributed by atoms with Crippen molar-refractivity contribution >= 4 is 28.3 Å². The second kappa shape index (κ2) is 6.86. The number of methoxy groups -OCH3 is 1. The number of aliphatic hydroxyl groups is 1. The Kier molecular flexibility index (Phi) is 4.53. The molecular weight excluding hydrogens is 366 g/mol. The monoisotopic (exact) mass is 386 g/mol. The van der Waals surface area contributed by atoms with E-state index in [0.717, 1.165) is 28.8 Å². The lowest BCUT2D eigenvalue weighted by molar-refractivity contribution is -0.656. The van der Waals surface area contributed by atoms with Gasteiger partial charge in [0.1, 0.15) is 11.4 Å². The van der Waals surface area contributed by atoms with Crippen LogP contribution in [0.4, 0.5) is 11.4 Å². The smallest absolute Gasteiger partial charge is 0.316 e. The van der Waals surface area contributed by atoms with Crippen LogP contribution in [-0.2, 0) is 5.72 Å². The van der Waals surface area contributed by atoms with Crippen LogP contribution in [-0.4, -0.2) is 45.7 Å². The average Bonchev–Trinajstić information content (AvgIpc) is 3.02. The van der Waals surface area contributed by atoms with Crippen molar-refractivity contribution in [3.63, 3.8) is 0 Å². The standard InChI is InChI=1S/C19H20N3O4S/c1-26-17-8-6-15(7-9-17)20-13-19(23,21-10-3-11-27-18(20)21)14-4-2-5-16(12-14)22(24)25/h2,4-9,12,23H,3,10-11,13H2,1H3/q+1/t19-/m1/s1. The highest BCUT2D eigenvalue weighted by atomic mass is 32.2. The molecule has 2 heterocycles. The Labute approximate surface area is 161 Å². The summed E-state index contributed by atoms with van der Waals surface area (Å²) in [4.78, 5) is 12.8. The molecule has 1 atom stereocenters. The van der Waals surface area contributed by atoms with Gasteiger partial charge >= 0.3 is 5.17 Å². The molecule has 0 saturated heterocycles. The first-order chi connectivity index (χ1) is 13.0. The van der Waals surface area contributed by atoms with E-state index in [-0.39, 0.29) is 5.69 Å². The minimum absolute atomic E-state index is 0.0185. The van der Waals surface area contributed by atoms with Crippen LogP contribution < -0.4 is 9.64 Å². The number of amidine groups is 1. The van der Waals surface area contributed by atoms with Gasteiger partial charge in [-0.25, -0.2) is 9.48 Å². The highest BCUT2D eigenvalue weighted by Crippen LogP contribution is 2.38. The third-order valence-corrected chi connectivity index (χ3v) is 6.14. The molecule has 0 spiro atoms. The molecule has 0 amide bonds. The van der Waals surface area contributed by atoms with Crippen LogP contribution >= 0.6 is 11.8 Å². The Morgan fingerprint density at radius 3 is 2.78 bits per heavy atom. The number of nitro groups is 1. The first-order valence-corrected chi connectivity index (χ1v) is 9.68. The zero-order valence-corrected chi connectivity index (χ0v) is 15.7. The van der Waals surface area contributed by atoms with Crippen molar-refractivity contribution in [2.24, 2.45) is 0 Å². The van der Waals surface area contributed by atoms with E-state index in [4.69, 9.17) is 4.74 Å². The van der Waals surface area contributed by atoms with Crippen molar-refractivity contribution in [2.45, 2.75) is 12.1 Å². The van der Waals surface area contributed by atoms with E-state index in [2.05, 4.69) is 4.90 Å². The van der Waals surface area contributed by atoms with E-state index in [1.54, 1.807) is 31.0 Å². The van der Waals surface area contributed by atoms with Gasteiger partial charge in [-0.05, 0) is 42.4 Å². The first kappa shape index (κ1) is 17.8. The van der Waals surface area contributed by atoms with Gasteiger partial charge in [0.05, 0.1) is 18.6 Å². The van der Waals surface area contributed by atoms with Gasteiger partial charge in [0.25, 0.3) is 11.4 Å². The number of non-ortho nitro benzene ring substituents is 1. The lowest BCUT2D eigenvalue weighted by Crippen LogP contribution is -2.41. The fourth-order valence-corrected chi connectivity index (χ4v) is 4.76. The fraction of sp³-hybridized carbons (Fsp3) is 0.316. The Morgan fingerprint density at radius 1 is 1.30 bits per heavy atom. The van der Waals surface area contributed by atoms with Crippen LogP contribution in [0.15, 0.2) is 48.5 Å². The van der Waals surface area contributed by atoms with Gasteiger partial charge in [-0.1, -0.05) is 12.1 Å². The maximum Gasteiger partial charge on any atom is 0.316 e. The summed E-state index contributed by atoms with van der Waals surface area (Å²) in [6.45, 7) is 1.01. The molecule has 0 radical (unpaired) electrons. The Hall–Kier alpha value is -2.58. The number of β-amino-alcohol motifs (C(OH)–C–C–N with tert-alkyl or cyclic N) is 1. The van der Waals surface area contributed by atoms with Crippen LogP contribution in [0.1, 0.15) is 12.0 Å². The highest BCUT2D eigenvalue weighted by Gasteiger charge is 2.53. The third-order valence-electron chi connectivity index (χ3n) is 4.95. The minimum atomic E-state index is -1.31. The number of hydrogen-bond acceptors (Lipinski definition) is 6. The predicted octanol–water partition coefficient (Wildman–Crippen LogP) is 2.77. The fourth-order valence-electron chi connectivity index (χ4n) is 3.58. The molecule has 0 unspecified atom stereocenters. The Morgan fingerprint density at radius 2 is 2.07 bits per heavy atom. The van der Waals surface area contributed by atoms with Gasteiger partial charge in [-0.2, -0.15) is 0 Å². The SMILES string of the molecule is COc1ccc(N2C[C@@](O)(c3cccc([N+](=O)[O-])c3)[N+]3=C2SCCC3)cc1. The van der Waals surface area contributed by atoms with E-state index < -0.39 is 10.6 Å². The molecule has 2 aliphatic rings. The molecule has 7 nitrogen and oxygen atoms in total. The Bertz CT molecular complexity index is 915. The second-order valence-corrected chi connectivity index (χ2v) is 7.61. The van der Waals surface area contributed by atoms with Gasteiger partial charge in [0, 0.05) is 23.4 Å². The predicted molar refractivity (Wildman–Crippen MR) is 105 cm³/mol. The summed E-state index contributed by atoms with van der Waals surface area (Å²) < 4.78 is 7.19. The molecule has 27 heavy (non-hydrogen) atoms. The second-order valence-electron chi connectivity index (χ2n) is 6.54. The van der Waals surface area contributed by atoms with Crippen molar-refractivity contribution < 1.29 is 19.3 Å². The summed E-state index contributed by atoms with van der Waals surface area (Å²) >= 11 is 1.70. The molecule has 2 aliphatic heterocycles. The zero-order valence-electron chi connectivity index (χ0n) is 14.9. The van der Waals surface area contributed by atoms with Crippen molar-refractivity contribution in [1.29, 1.82) is 0 Å². The summed E-state index contributed by atoms with van der Waals surface area (Å²) in [7, 11) is 1.62. The van der Waals surface area contributed by atoms with E-state index in [1.165, 1.54) is 12.1 Å². The lowest BCUT2D eigenvalue weighted by Gasteiger charge is -2.24. The molecule has 0 bridgehead atoms. The van der Waals surface area contributed by atoms with Gasteiger partial charge in [-0.15, -0.1) is 0 Å². The number of rotatable bonds is 4. The van der Waals surface area contributed by atoms with E-state index in [0.29, 0.717) is 18.7 Å². The zero-order chi connectivity index (χ0) is 19.0. The molecule has 2 aromatic carbocycles. The van der Waals surface area contributed by atoms with Crippen molar-refractivity contribution in [3.05, 3.63) is 64.2 Å². The van der Waals surface area contributed by atoms with Gasteiger partial charge < -0.3 is 9.84 Å². The number of benzene rings is 2. The molecule has 0 aliphatic carbocycles. The molecule has 0 aromatic heterocycles. The molecule has 4 rings (SSSR count). The van der Waals surface area contributed by atoms with E-state index >= 15 is 0 Å². The van der Waals surface area contributed by atoms with Crippen LogP contribution in [0.25, 0.3) is 0 Å². The summed E-state index contributed by atoms with van der Waals surface area (Å²) in [5.74, 6) is 1.74. The molecule has 0 saturated carbocycles. The number of ether oxygens (including phenoxy) is 1.